The van der Waals surface area contributed by atoms with Crippen LogP contribution in [0.2, 0.25) is 0 Å². The SMILES string of the molecule is c1cn2c(-c3ccc(N4CCNCC4)nc3)c(C3CC3)nc2c(N2CCOCC2)n1. The second-order valence-electron chi connectivity index (χ2n) is 8.31. The van der Waals surface area contributed by atoms with Gasteiger partial charge in [0.2, 0.25) is 0 Å². The number of aromatic nitrogens is 4. The molecule has 0 atom stereocenters. The summed E-state index contributed by atoms with van der Waals surface area (Å²) in [7, 11) is 0. The maximum Gasteiger partial charge on any atom is 0.181 e. The highest BCUT2D eigenvalue weighted by Crippen LogP contribution is 2.45. The Balaban J connectivity index is 1.41. The second kappa shape index (κ2) is 7.52. The third-order valence-electron chi connectivity index (χ3n) is 6.29. The number of hydrogen-bond acceptors (Lipinski definition) is 7. The minimum atomic E-state index is 0.547. The Morgan fingerprint density at radius 1 is 0.967 bits per heavy atom. The van der Waals surface area contributed by atoms with Crippen LogP contribution in [0.4, 0.5) is 11.6 Å². The molecular weight excluding hydrogens is 378 g/mol. The van der Waals surface area contributed by atoms with Crippen LogP contribution >= 0.6 is 0 Å². The van der Waals surface area contributed by atoms with Crippen molar-refractivity contribution in [2.45, 2.75) is 18.8 Å². The van der Waals surface area contributed by atoms with E-state index in [1.54, 1.807) is 0 Å². The summed E-state index contributed by atoms with van der Waals surface area (Å²) >= 11 is 0. The summed E-state index contributed by atoms with van der Waals surface area (Å²) in [5.41, 5.74) is 4.43. The van der Waals surface area contributed by atoms with Crippen molar-refractivity contribution in [1.82, 2.24) is 24.7 Å². The van der Waals surface area contributed by atoms with Gasteiger partial charge in [-0.3, -0.25) is 4.40 Å². The molecule has 0 unspecified atom stereocenters. The van der Waals surface area contributed by atoms with Gasteiger partial charge in [-0.15, -0.1) is 0 Å². The number of nitrogens with zero attached hydrogens (tertiary/aromatic N) is 6. The first kappa shape index (κ1) is 18.1. The maximum absolute atomic E-state index is 5.53. The van der Waals surface area contributed by atoms with Gasteiger partial charge >= 0.3 is 0 Å². The lowest BCUT2D eigenvalue weighted by Crippen LogP contribution is -2.43. The van der Waals surface area contributed by atoms with E-state index in [0.717, 1.165) is 75.3 Å². The number of ether oxygens (including phenoxy) is 1. The normalized spacial score (nSPS) is 20.1. The van der Waals surface area contributed by atoms with Gasteiger partial charge in [-0.1, -0.05) is 0 Å². The van der Waals surface area contributed by atoms with Crippen LogP contribution in [0.5, 0.6) is 0 Å². The molecule has 1 aliphatic carbocycles. The quantitative estimate of drug-likeness (QED) is 0.711. The van der Waals surface area contributed by atoms with Crippen molar-refractivity contribution < 1.29 is 4.74 Å². The second-order valence-corrected chi connectivity index (χ2v) is 8.31. The van der Waals surface area contributed by atoms with Gasteiger partial charge in [0, 0.05) is 69.3 Å². The maximum atomic E-state index is 5.53. The predicted octanol–water partition coefficient (Wildman–Crippen LogP) is 1.91. The Labute approximate surface area is 175 Å². The number of morpholine rings is 1. The molecule has 1 saturated carbocycles. The molecule has 0 amide bonds. The van der Waals surface area contributed by atoms with Crippen molar-refractivity contribution in [1.29, 1.82) is 0 Å². The van der Waals surface area contributed by atoms with Crippen LogP contribution in [0.25, 0.3) is 16.9 Å². The Morgan fingerprint density at radius 2 is 1.80 bits per heavy atom. The molecule has 0 aromatic carbocycles. The molecule has 1 N–H and O–H groups in total. The van der Waals surface area contributed by atoms with Crippen LogP contribution in [0.15, 0.2) is 30.7 Å². The van der Waals surface area contributed by atoms with Crippen LogP contribution in [0.1, 0.15) is 24.5 Å². The van der Waals surface area contributed by atoms with Crippen LogP contribution in [-0.2, 0) is 4.74 Å². The standard InChI is InChI=1S/C22H27N7O/c1-2-16(1)19-20(17-3-4-18(25-15-17)27-8-5-23-6-9-27)29-10-7-24-21(22(29)26-19)28-11-13-30-14-12-28/h3-4,7,10,15-16,23H,1-2,5-6,8-9,11-14H2. The van der Waals surface area contributed by atoms with E-state index in [9.17, 15) is 0 Å². The van der Waals surface area contributed by atoms with Crippen molar-refractivity contribution in [3.05, 3.63) is 36.4 Å². The fraction of sp³-hybridized carbons (Fsp3) is 0.500. The van der Waals surface area contributed by atoms with Crippen LogP contribution in [0, 0.1) is 0 Å². The number of imidazole rings is 1. The lowest BCUT2D eigenvalue weighted by atomic mass is 10.1. The molecule has 3 aromatic rings. The fourth-order valence-electron chi connectivity index (χ4n) is 4.52. The molecule has 3 aliphatic rings. The number of pyridine rings is 1. The molecule has 30 heavy (non-hydrogen) atoms. The molecule has 8 nitrogen and oxygen atoms in total. The highest BCUT2D eigenvalue weighted by atomic mass is 16.5. The Hall–Kier alpha value is -2.71. The van der Waals surface area contributed by atoms with E-state index >= 15 is 0 Å². The van der Waals surface area contributed by atoms with Crippen molar-refractivity contribution >= 4 is 17.3 Å². The van der Waals surface area contributed by atoms with Gasteiger partial charge in [0.15, 0.2) is 11.5 Å². The molecule has 3 fully saturated rings. The number of nitrogens with one attached hydrogen (secondary N) is 1. The van der Waals surface area contributed by atoms with Gasteiger partial charge in [-0.2, -0.15) is 0 Å². The lowest BCUT2D eigenvalue weighted by Gasteiger charge is -2.28. The zero-order valence-corrected chi connectivity index (χ0v) is 17.1. The molecule has 6 rings (SSSR count). The van der Waals surface area contributed by atoms with Gasteiger partial charge in [-0.25, -0.2) is 15.0 Å². The Morgan fingerprint density at radius 3 is 2.53 bits per heavy atom. The summed E-state index contributed by atoms with van der Waals surface area (Å²) in [6.07, 6.45) is 8.37. The van der Waals surface area contributed by atoms with E-state index in [0.29, 0.717) is 5.92 Å². The number of fused-ring (bicyclic) bond motifs is 1. The molecule has 8 heteroatoms. The third kappa shape index (κ3) is 3.20. The highest BCUT2D eigenvalue weighted by Gasteiger charge is 2.32. The first-order valence-corrected chi connectivity index (χ1v) is 11.0. The van der Waals surface area contributed by atoms with Gasteiger partial charge in [0.1, 0.15) is 5.82 Å². The molecule has 5 heterocycles. The monoisotopic (exact) mass is 405 g/mol. The number of hydrogen-bond donors (Lipinski definition) is 1. The molecule has 0 spiro atoms. The van der Waals surface area contributed by atoms with Crippen molar-refractivity contribution in [2.75, 3.05) is 62.3 Å². The summed E-state index contributed by atoms with van der Waals surface area (Å²) in [5, 5.41) is 3.40. The van der Waals surface area contributed by atoms with Crippen LogP contribution in [-0.4, -0.2) is 71.8 Å². The summed E-state index contributed by atoms with van der Waals surface area (Å²) in [6, 6.07) is 4.36. The van der Waals surface area contributed by atoms with Gasteiger partial charge < -0.3 is 19.9 Å². The minimum absolute atomic E-state index is 0.547. The van der Waals surface area contributed by atoms with Crippen LogP contribution in [0.3, 0.4) is 0 Å². The lowest BCUT2D eigenvalue weighted by molar-refractivity contribution is 0.122. The van der Waals surface area contributed by atoms with Gasteiger partial charge in [0.05, 0.1) is 24.6 Å². The largest absolute Gasteiger partial charge is 0.378 e. The molecule has 2 aliphatic heterocycles. The minimum Gasteiger partial charge on any atom is -0.378 e. The first-order chi connectivity index (χ1) is 14.9. The number of piperazine rings is 1. The smallest absolute Gasteiger partial charge is 0.181 e. The summed E-state index contributed by atoms with van der Waals surface area (Å²) in [4.78, 5) is 19.2. The Kier molecular flexibility index (Phi) is 4.53. The topological polar surface area (TPSA) is 70.8 Å². The zero-order chi connectivity index (χ0) is 19.9. The number of rotatable bonds is 4. The average Bonchev–Trinajstić information content (AvgIpc) is 3.60. The van der Waals surface area contributed by atoms with Crippen LogP contribution < -0.4 is 15.1 Å². The van der Waals surface area contributed by atoms with Crippen molar-refractivity contribution in [3.8, 4) is 11.3 Å². The molecule has 2 saturated heterocycles. The molecule has 0 radical (unpaired) electrons. The molecule has 156 valence electrons. The van der Waals surface area contributed by atoms with Gasteiger partial charge in [0.25, 0.3) is 0 Å². The van der Waals surface area contributed by atoms with Crippen molar-refractivity contribution in [2.24, 2.45) is 0 Å². The van der Waals surface area contributed by atoms with E-state index in [4.69, 9.17) is 19.7 Å². The van der Waals surface area contributed by atoms with Gasteiger partial charge in [-0.05, 0) is 25.0 Å². The van der Waals surface area contributed by atoms with Crippen molar-refractivity contribution in [3.63, 3.8) is 0 Å². The van der Waals surface area contributed by atoms with E-state index in [1.807, 2.05) is 18.6 Å². The fourth-order valence-corrected chi connectivity index (χ4v) is 4.52. The molecule has 3 aromatic heterocycles. The van der Waals surface area contributed by atoms with E-state index in [1.165, 1.54) is 24.2 Å². The summed E-state index contributed by atoms with van der Waals surface area (Å²) in [6.45, 7) is 7.23. The summed E-state index contributed by atoms with van der Waals surface area (Å²) < 4.78 is 7.74. The first-order valence-electron chi connectivity index (χ1n) is 11.0. The zero-order valence-electron chi connectivity index (χ0n) is 17.1. The van der Waals surface area contributed by atoms with E-state index in [-0.39, 0.29) is 0 Å². The average molecular weight is 406 g/mol. The summed E-state index contributed by atoms with van der Waals surface area (Å²) in [5.74, 6) is 2.56. The predicted molar refractivity (Wildman–Crippen MR) is 116 cm³/mol. The molecule has 0 bridgehead atoms. The highest BCUT2D eigenvalue weighted by molar-refractivity contribution is 5.74. The third-order valence-corrected chi connectivity index (χ3v) is 6.29. The Bertz CT molecular complexity index is 1030. The number of anilines is 2. The molecular formula is C22H27N7O. The van der Waals surface area contributed by atoms with E-state index in [2.05, 4.69) is 31.7 Å². The van der Waals surface area contributed by atoms with E-state index < -0.39 is 0 Å².